The summed E-state index contributed by atoms with van der Waals surface area (Å²) in [4.78, 5) is 19.1. The number of carboxylic acid groups (broad SMARTS) is 1. The number of hydrogen-bond acceptors (Lipinski definition) is 4. The molecule has 0 aliphatic rings. The summed E-state index contributed by atoms with van der Waals surface area (Å²) < 4.78 is 0. The summed E-state index contributed by atoms with van der Waals surface area (Å²) in [5, 5.41) is 12.0. The molecule has 5 nitrogen and oxygen atoms in total. The number of nitrogens with one attached hydrogen (secondary N) is 1. The molecular formula is C14H15N3O2. The topological polar surface area (TPSA) is 75.1 Å². The minimum Gasteiger partial charge on any atom is -0.478 e. The molecule has 0 amide bonds. The van der Waals surface area contributed by atoms with E-state index in [0.717, 1.165) is 11.3 Å². The molecule has 2 rings (SSSR count). The van der Waals surface area contributed by atoms with Gasteiger partial charge in [0.1, 0.15) is 0 Å². The number of rotatable bonds is 3. The molecule has 1 heterocycles. The van der Waals surface area contributed by atoms with Crippen LogP contribution in [0.25, 0.3) is 0 Å². The lowest BCUT2D eigenvalue weighted by atomic mass is 10.1. The van der Waals surface area contributed by atoms with Crippen molar-refractivity contribution in [1.82, 2.24) is 9.97 Å². The highest BCUT2D eigenvalue weighted by Crippen LogP contribution is 2.21. The second-order valence-electron chi connectivity index (χ2n) is 4.37. The highest BCUT2D eigenvalue weighted by molar-refractivity contribution is 5.88. The normalized spacial score (nSPS) is 10.3. The Morgan fingerprint density at radius 1 is 1.26 bits per heavy atom. The van der Waals surface area contributed by atoms with Crippen molar-refractivity contribution in [2.24, 2.45) is 0 Å². The molecule has 2 N–H and O–H groups in total. The van der Waals surface area contributed by atoms with Gasteiger partial charge in [0.25, 0.3) is 0 Å². The van der Waals surface area contributed by atoms with E-state index in [9.17, 15) is 4.79 Å². The predicted molar refractivity (Wildman–Crippen MR) is 72.9 cm³/mol. The highest BCUT2D eigenvalue weighted by atomic mass is 16.4. The van der Waals surface area contributed by atoms with Crippen molar-refractivity contribution >= 4 is 17.6 Å². The number of carbonyl (C=O) groups is 1. The highest BCUT2D eigenvalue weighted by Gasteiger charge is 2.10. The number of anilines is 2. The van der Waals surface area contributed by atoms with Crippen molar-refractivity contribution in [2.75, 3.05) is 5.32 Å². The Kier molecular flexibility index (Phi) is 3.46. The van der Waals surface area contributed by atoms with Crippen LogP contribution in [0.5, 0.6) is 0 Å². The monoisotopic (exact) mass is 257 g/mol. The van der Waals surface area contributed by atoms with Gasteiger partial charge in [0.05, 0.1) is 11.3 Å². The van der Waals surface area contributed by atoms with Crippen molar-refractivity contribution in [2.45, 2.75) is 20.8 Å². The predicted octanol–water partition coefficient (Wildman–Crippen LogP) is 2.84. The molecule has 0 aliphatic heterocycles. The van der Waals surface area contributed by atoms with Crippen LogP contribution in [0.2, 0.25) is 0 Å². The van der Waals surface area contributed by atoms with Crippen LogP contribution in [0.15, 0.2) is 24.4 Å². The third-order valence-corrected chi connectivity index (χ3v) is 3.06. The Morgan fingerprint density at radius 3 is 2.63 bits per heavy atom. The fourth-order valence-corrected chi connectivity index (χ4v) is 1.74. The number of aromatic carboxylic acids is 1. The van der Waals surface area contributed by atoms with Gasteiger partial charge >= 0.3 is 5.97 Å². The number of hydrogen-bond donors (Lipinski definition) is 2. The SMILES string of the molecule is Cc1cccc(Nc2ncc(C(=O)O)c(C)n2)c1C. The van der Waals surface area contributed by atoms with Crippen molar-refractivity contribution in [3.8, 4) is 0 Å². The largest absolute Gasteiger partial charge is 0.478 e. The van der Waals surface area contributed by atoms with E-state index in [2.05, 4.69) is 15.3 Å². The quantitative estimate of drug-likeness (QED) is 0.884. The summed E-state index contributed by atoms with van der Waals surface area (Å²) in [5.41, 5.74) is 3.76. The molecule has 0 saturated carbocycles. The maximum atomic E-state index is 10.9. The van der Waals surface area contributed by atoms with Crippen LogP contribution in [-0.2, 0) is 0 Å². The molecule has 0 unspecified atom stereocenters. The van der Waals surface area contributed by atoms with Gasteiger partial charge in [0.2, 0.25) is 5.95 Å². The summed E-state index contributed by atoms with van der Waals surface area (Å²) in [7, 11) is 0. The molecule has 0 radical (unpaired) electrons. The van der Waals surface area contributed by atoms with Gasteiger partial charge < -0.3 is 10.4 Å². The average molecular weight is 257 g/mol. The zero-order valence-corrected chi connectivity index (χ0v) is 11.1. The van der Waals surface area contributed by atoms with E-state index in [-0.39, 0.29) is 5.56 Å². The summed E-state index contributed by atoms with van der Waals surface area (Å²) in [6.45, 7) is 5.69. The Labute approximate surface area is 111 Å². The van der Waals surface area contributed by atoms with Crippen LogP contribution in [0.3, 0.4) is 0 Å². The molecule has 1 aromatic heterocycles. The first-order valence-electron chi connectivity index (χ1n) is 5.89. The molecule has 19 heavy (non-hydrogen) atoms. The summed E-state index contributed by atoms with van der Waals surface area (Å²) in [5.74, 6) is -0.619. The van der Waals surface area contributed by atoms with E-state index in [0.29, 0.717) is 11.6 Å². The zero-order valence-electron chi connectivity index (χ0n) is 11.1. The molecule has 0 aliphatic carbocycles. The minimum atomic E-state index is -1.02. The van der Waals surface area contributed by atoms with Crippen LogP contribution in [0, 0.1) is 20.8 Å². The molecular weight excluding hydrogens is 242 g/mol. The molecule has 98 valence electrons. The second kappa shape index (κ2) is 5.06. The van der Waals surface area contributed by atoms with Crippen LogP contribution in [0.1, 0.15) is 27.2 Å². The van der Waals surface area contributed by atoms with Crippen molar-refractivity contribution in [3.63, 3.8) is 0 Å². The second-order valence-corrected chi connectivity index (χ2v) is 4.37. The van der Waals surface area contributed by atoms with Gasteiger partial charge in [-0.3, -0.25) is 0 Å². The molecule has 2 aromatic rings. The van der Waals surface area contributed by atoms with Gasteiger partial charge in [-0.25, -0.2) is 14.8 Å². The van der Waals surface area contributed by atoms with Crippen LogP contribution in [0.4, 0.5) is 11.6 Å². The lowest BCUT2D eigenvalue weighted by Crippen LogP contribution is -2.06. The molecule has 0 spiro atoms. The Balaban J connectivity index is 2.32. The van der Waals surface area contributed by atoms with Crippen LogP contribution in [-0.4, -0.2) is 21.0 Å². The minimum absolute atomic E-state index is 0.117. The number of carboxylic acids is 1. The van der Waals surface area contributed by atoms with Gasteiger partial charge in [-0.2, -0.15) is 0 Å². The molecule has 0 atom stereocenters. The first kappa shape index (κ1) is 13.0. The third-order valence-electron chi connectivity index (χ3n) is 3.06. The van der Waals surface area contributed by atoms with E-state index in [4.69, 9.17) is 5.11 Å². The smallest absolute Gasteiger partial charge is 0.339 e. The van der Waals surface area contributed by atoms with E-state index in [1.807, 2.05) is 32.0 Å². The number of nitrogens with zero attached hydrogens (tertiary/aromatic N) is 2. The maximum Gasteiger partial charge on any atom is 0.339 e. The zero-order chi connectivity index (χ0) is 14.0. The van der Waals surface area contributed by atoms with Crippen LogP contribution >= 0.6 is 0 Å². The van der Waals surface area contributed by atoms with E-state index >= 15 is 0 Å². The average Bonchev–Trinajstić information content (AvgIpc) is 2.34. The molecule has 0 bridgehead atoms. The van der Waals surface area contributed by atoms with Crippen molar-refractivity contribution in [1.29, 1.82) is 0 Å². The molecule has 1 aromatic carbocycles. The van der Waals surface area contributed by atoms with Gasteiger partial charge in [-0.05, 0) is 38.0 Å². The Bertz CT molecular complexity index is 639. The standard InChI is InChI=1S/C14H15N3O2/c1-8-5-4-6-12(9(8)2)17-14-15-7-11(13(18)19)10(3)16-14/h4-7H,1-3H3,(H,18,19)(H,15,16,17). The summed E-state index contributed by atoms with van der Waals surface area (Å²) >= 11 is 0. The van der Waals surface area contributed by atoms with E-state index < -0.39 is 5.97 Å². The summed E-state index contributed by atoms with van der Waals surface area (Å²) in [6, 6.07) is 5.91. The first-order chi connectivity index (χ1) is 8.99. The fraction of sp³-hybridized carbons (Fsp3) is 0.214. The number of benzene rings is 1. The summed E-state index contributed by atoms with van der Waals surface area (Å²) in [6.07, 6.45) is 1.32. The number of aromatic nitrogens is 2. The van der Waals surface area contributed by atoms with E-state index in [1.54, 1.807) is 6.92 Å². The van der Waals surface area contributed by atoms with Gasteiger partial charge in [-0.1, -0.05) is 12.1 Å². The van der Waals surface area contributed by atoms with Crippen LogP contribution < -0.4 is 5.32 Å². The van der Waals surface area contributed by atoms with E-state index in [1.165, 1.54) is 11.8 Å². The maximum absolute atomic E-state index is 10.9. The third kappa shape index (κ3) is 2.70. The van der Waals surface area contributed by atoms with Gasteiger partial charge in [-0.15, -0.1) is 0 Å². The van der Waals surface area contributed by atoms with Gasteiger partial charge in [0, 0.05) is 11.9 Å². The number of aryl methyl sites for hydroxylation is 2. The lowest BCUT2D eigenvalue weighted by Gasteiger charge is -2.10. The Morgan fingerprint density at radius 2 is 2.00 bits per heavy atom. The van der Waals surface area contributed by atoms with Crippen molar-refractivity contribution < 1.29 is 9.90 Å². The molecule has 5 heteroatoms. The Hall–Kier alpha value is -2.43. The lowest BCUT2D eigenvalue weighted by molar-refractivity contribution is 0.0695. The van der Waals surface area contributed by atoms with Gasteiger partial charge in [0.15, 0.2) is 0 Å². The first-order valence-corrected chi connectivity index (χ1v) is 5.89. The molecule has 0 saturated heterocycles. The van der Waals surface area contributed by atoms with Crippen molar-refractivity contribution in [3.05, 3.63) is 46.8 Å². The molecule has 0 fully saturated rings. The fourth-order valence-electron chi connectivity index (χ4n) is 1.74.